The van der Waals surface area contributed by atoms with E-state index in [4.69, 9.17) is 20.9 Å². The van der Waals surface area contributed by atoms with E-state index < -0.39 is 0 Å². The SMILES string of the molecule is COc1ccc(Cl)cc1N1CC(c2nc(-c3ccc(C)cc3C)no2)CC1=O. The first-order valence-corrected chi connectivity index (χ1v) is 9.39. The lowest BCUT2D eigenvalue weighted by Gasteiger charge is -2.19. The lowest BCUT2D eigenvalue weighted by atomic mass is 10.1. The lowest BCUT2D eigenvalue weighted by Crippen LogP contribution is -2.24. The summed E-state index contributed by atoms with van der Waals surface area (Å²) in [5.41, 5.74) is 3.84. The minimum Gasteiger partial charge on any atom is -0.495 e. The minimum atomic E-state index is -0.178. The Morgan fingerprint density at radius 3 is 2.79 bits per heavy atom. The molecule has 1 fully saturated rings. The Morgan fingerprint density at radius 1 is 1.21 bits per heavy atom. The highest BCUT2D eigenvalue weighted by atomic mass is 35.5. The van der Waals surface area contributed by atoms with E-state index in [1.807, 2.05) is 26.0 Å². The molecule has 0 aliphatic carbocycles. The van der Waals surface area contributed by atoms with Gasteiger partial charge in [0.25, 0.3) is 0 Å². The quantitative estimate of drug-likeness (QED) is 0.646. The van der Waals surface area contributed by atoms with Crippen molar-refractivity contribution in [2.75, 3.05) is 18.6 Å². The van der Waals surface area contributed by atoms with Crippen molar-refractivity contribution >= 4 is 23.2 Å². The normalized spacial score (nSPS) is 16.6. The minimum absolute atomic E-state index is 0.0307. The van der Waals surface area contributed by atoms with Crippen LogP contribution >= 0.6 is 11.6 Å². The third-order valence-electron chi connectivity index (χ3n) is 4.97. The molecule has 0 spiro atoms. The average molecular weight is 398 g/mol. The van der Waals surface area contributed by atoms with Crippen molar-refractivity contribution in [3.8, 4) is 17.1 Å². The summed E-state index contributed by atoms with van der Waals surface area (Å²) in [6.45, 7) is 4.50. The van der Waals surface area contributed by atoms with Gasteiger partial charge in [0.05, 0.1) is 18.7 Å². The van der Waals surface area contributed by atoms with Gasteiger partial charge in [-0.25, -0.2) is 0 Å². The topological polar surface area (TPSA) is 68.5 Å². The number of carbonyl (C=O) groups excluding carboxylic acids is 1. The monoisotopic (exact) mass is 397 g/mol. The van der Waals surface area contributed by atoms with E-state index in [1.54, 1.807) is 30.2 Å². The highest BCUT2D eigenvalue weighted by Crippen LogP contribution is 2.38. The number of ether oxygens (including phenoxy) is 1. The fourth-order valence-corrected chi connectivity index (χ4v) is 3.72. The Kier molecular flexibility index (Phi) is 4.81. The van der Waals surface area contributed by atoms with Crippen LogP contribution in [0.2, 0.25) is 5.02 Å². The molecule has 1 atom stereocenters. The number of hydrogen-bond donors (Lipinski definition) is 0. The van der Waals surface area contributed by atoms with E-state index in [0.717, 1.165) is 11.1 Å². The maximum absolute atomic E-state index is 12.6. The molecule has 0 radical (unpaired) electrons. The van der Waals surface area contributed by atoms with Crippen LogP contribution < -0.4 is 9.64 Å². The molecule has 1 aromatic heterocycles. The van der Waals surface area contributed by atoms with E-state index >= 15 is 0 Å². The predicted molar refractivity (Wildman–Crippen MR) is 107 cm³/mol. The smallest absolute Gasteiger partial charge is 0.232 e. The Hall–Kier alpha value is -2.86. The third-order valence-corrected chi connectivity index (χ3v) is 5.21. The number of nitrogens with zero attached hydrogens (tertiary/aromatic N) is 3. The van der Waals surface area contributed by atoms with E-state index in [2.05, 4.69) is 16.2 Å². The molecule has 28 heavy (non-hydrogen) atoms. The number of halogens is 1. The largest absolute Gasteiger partial charge is 0.495 e. The summed E-state index contributed by atoms with van der Waals surface area (Å²) >= 11 is 6.12. The number of amides is 1. The molecule has 4 rings (SSSR count). The van der Waals surface area contributed by atoms with Crippen LogP contribution in [0.1, 0.15) is 29.4 Å². The van der Waals surface area contributed by atoms with Crippen LogP contribution in [0.25, 0.3) is 11.4 Å². The molecular weight excluding hydrogens is 378 g/mol. The van der Waals surface area contributed by atoms with E-state index in [9.17, 15) is 4.79 Å². The summed E-state index contributed by atoms with van der Waals surface area (Å²) in [6, 6.07) is 11.3. The van der Waals surface area contributed by atoms with Crippen molar-refractivity contribution in [3.05, 3.63) is 58.4 Å². The first-order valence-electron chi connectivity index (χ1n) is 9.01. The molecule has 1 aliphatic rings. The Labute approximate surface area is 168 Å². The molecule has 0 saturated carbocycles. The van der Waals surface area contributed by atoms with Crippen LogP contribution in [-0.2, 0) is 4.79 Å². The summed E-state index contributed by atoms with van der Waals surface area (Å²) in [5.74, 6) is 1.39. The van der Waals surface area contributed by atoms with Crippen molar-refractivity contribution in [3.63, 3.8) is 0 Å². The molecule has 1 aliphatic heterocycles. The molecule has 144 valence electrons. The number of hydrogen-bond acceptors (Lipinski definition) is 5. The lowest BCUT2D eigenvalue weighted by molar-refractivity contribution is -0.117. The first kappa shape index (κ1) is 18.5. The van der Waals surface area contributed by atoms with Crippen molar-refractivity contribution in [1.29, 1.82) is 0 Å². The second-order valence-corrected chi connectivity index (χ2v) is 7.43. The highest BCUT2D eigenvalue weighted by molar-refractivity contribution is 6.31. The molecule has 0 bridgehead atoms. The van der Waals surface area contributed by atoms with Gasteiger partial charge in [0.2, 0.25) is 17.6 Å². The fourth-order valence-electron chi connectivity index (χ4n) is 3.55. The second-order valence-electron chi connectivity index (χ2n) is 7.00. The molecule has 6 nitrogen and oxygen atoms in total. The van der Waals surface area contributed by atoms with Crippen LogP contribution in [-0.4, -0.2) is 29.7 Å². The zero-order valence-electron chi connectivity index (χ0n) is 15.9. The molecule has 0 N–H and O–H groups in total. The highest BCUT2D eigenvalue weighted by Gasteiger charge is 2.36. The number of benzene rings is 2. The molecule has 2 heterocycles. The molecule has 1 amide bonds. The van der Waals surface area contributed by atoms with E-state index in [-0.39, 0.29) is 11.8 Å². The number of methoxy groups -OCH3 is 1. The first-order chi connectivity index (χ1) is 13.5. The van der Waals surface area contributed by atoms with Crippen molar-refractivity contribution in [1.82, 2.24) is 10.1 Å². The Bertz CT molecular complexity index is 1050. The molecule has 1 saturated heterocycles. The number of rotatable bonds is 4. The maximum atomic E-state index is 12.6. The standard InChI is InChI=1S/C21H20ClN3O3/c1-12-4-6-16(13(2)8-12)20-23-21(28-24-20)14-9-19(26)25(11-14)17-10-15(22)5-7-18(17)27-3/h4-8,10,14H,9,11H2,1-3H3. The van der Waals surface area contributed by atoms with Gasteiger partial charge in [-0.2, -0.15) is 4.98 Å². The molecule has 1 unspecified atom stereocenters. The average Bonchev–Trinajstić information content (AvgIpc) is 3.28. The van der Waals surface area contributed by atoms with Crippen LogP contribution in [0.5, 0.6) is 5.75 Å². The van der Waals surface area contributed by atoms with E-state index in [0.29, 0.717) is 41.1 Å². The predicted octanol–water partition coefficient (Wildman–Crippen LogP) is 4.54. The number of carbonyl (C=O) groups is 1. The van der Waals surface area contributed by atoms with Gasteiger partial charge in [0.15, 0.2) is 0 Å². The van der Waals surface area contributed by atoms with Crippen molar-refractivity contribution in [2.24, 2.45) is 0 Å². The second kappa shape index (κ2) is 7.28. The Balaban J connectivity index is 1.60. The van der Waals surface area contributed by atoms with Gasteiger partial charge in [-0.15, -0.1) is 0 Å². The number of anilines is 1. The fraction of sp³-hybridized carbons (Fsp3) is 0.286. The van der Waals surface area contributed by atoms with Crippen LogP contribution in [0.15, 0.2) is 40.9 Å². The van der Waals surface area contributed by atoms with Crippen molar-refractivity contribution in [2.45, 2.75) is 26.2 Å². The zero-order valence-corrected chi connectivity index (χ0v) is 16.7. The summed E-state index contributed by atoms with van der Waals surface area (Å²) in [4.78, 5) is 18.9. The zero-order chi connectivity index (χ0) is 19.8. The third kappa shape index (κ3) is 3.36. The number of aromatic nitrogens is 2. The van der Waals surface area contributed by atoms with Crippen molar-refractivity contribution < 1.29 is 14.1 Å². The van der Waals surface area contributed by atoms with Crippen LogP contribution in [0.3, 0.4) is 0 Å². The van der Waals surface area contributed by atoms with Gasteiger partial charge < -0.3 is 14.2 Å². The summed E-state index contributed by atoms with van der Waals surface area (Å²) in [7, 11) is 1.57. The molecular formula is C21H20ClN3O3. The summed E-state index contributed by atoms with van der Waals surface area (Å²) < 4.78 is 10.9. The summed E-state index contributed by atoms with van der Waals surface area (Å²) in [5, 5.41) is 4.67. The van der Waals surface area contributed by atoms with Gasteiger partial charge in [-0.3, -0.25) is 4.79 Å². The van der Waals surface area contributed by atoms with Gasteiger partial charge in [0, 0.05) is 23.6 Å². The van der Waals surface area contributed by atoms with E-state index in [1.165, 1.54) is 5.56 Å². The molecule has 7 heteroatoms. The summed E-state index contributed by atoms with van der Waals surface area (Å²) in [6.07, 6.45) is 0.296. The Morgan fingerprint density at radius 2 is 2.04 bits per heavy atom. The maximum Gasteiger partial charge on any atom is 0.232 e. The van der Waals surface area contributed by atoms with Crippen LogP contribution in [0, 0.1) is 13.8 Å². The van der Waals surface area contributed by atoms with Crippen LogP contribution in [0.4, 0.5) is 5.69 Å². The molecule has 2 aromatic carbocycles. The van der Waals surface area contributed by atoms with Gasteiger partial charge in [-0.1, -0.05) is 40.5 Å². The van der Waals surface area contributed by atoms with Gasteiger partial charge in [-0.05, 0) is 37.6 Å². The van der Waals surface area contributed by atoms with Gasteiger partial charge >= 0.3 is 0 Å². The van der Waals surface area contributed by atoms with Gasteiger partial charge in [0.1, 0.15) is 5.75 Å². The molecule has 3 aromatic rings. The number of aryl methyl sites for hydroxylation is 2.